The van der Waals surface area contributed by atoms with Crippen LogP contribution in [0.15, 0.2) is 92.3 Å². The third-order valence-electron chi connectivity index (χ3n) is 6.56. The van der Waals surface area contributed by atoms with Crippen LogP contribution in [-0.4, -0.2) is 23.8 Å². The highest BCUT2D eigenvalue weighted by molar-refractivity contribution is 9.10. The lowest BCUT2D eigenvalue weighted by Gasteiger charge is -2.26. The molecule has 0 N–H and O–H groups in total. The number of carbonyl (C=O) groups excluding carboxylic acids is 1. The average molecular weight is 668 g/mol. The van der Waals surface area contributed by atoms with Gasteiger partial charge in [-0.3, -0.25) is 9.36 Å². The van der Waals surface area contributed by atoms with Crippen LogP contribution >= 0.6 is 38.9 Å². The zero-order chi connectivity index (χ0) is 30.0. The minimum atomic E-state index is -0.809. The molecule has 42 heavy (non-hydrogen) atoms. The maximum atomic E-state index is 14.1. The van der Waals surface area contributed by atoms with E-state index in [0.717, 1.165) is 15.6 Å². The quantitative estimate of drug-likeness (QED) is 0.210. The molecule has 1 aliphatic heterocycles. The van der Waals surface area contributed by atoms with Crippen molar-refractivity contribution >= 4 is 50.9 Å². The molecule has 0 unspecified atom stereocenters. The summed E-state index contributed by atoms with van der Waals surface area (Å²) in [6.45, 7) is 5.63. The second-order valence-corrected chi connectivity index (χ2v) is 12.2. The zero-order valence-corrected chi connectivity index (χ0v) is 26.5. The lowest BCUT2D eigenvalue weighted by Crippen LogP contribution is -2.40. The SMILES string of the molecule is COc1ccc(Br)cc1[C@H]1C(C(=O)OC(C)C)=C(C)N=c2s/c(=C\c3ccccc3OCc3cccc(Cl)c3)c(=O)n21. The van der Waals surface area contributed by atoms with Gasteiger partial charge in [-0.2, -0.15) is 0 Å². The van der Waals surface area contributed by atoms with E-state index in [0.29, 0.717) is 43.7 Å². The molecule has 0 saturated carbocycles. The molecule has 0 fully saturated rings. The first-order valence-corrected chi connectivity index (χ1v) is 15.2. The molecule has 0 amide bonds. The predicted molar refractivity (Wildman–Crippen MR) is 168 cm³/mol. The van der Waals surface area contributed by atoms with Crippen LogP contribution in [-0.2, 0) is 16.1 Å². The van der Waals surface area contributed by atoms with Gasteiger partial charge in [0.2, 0.25) is 0 Å². The molecule has 1 aromatic heterocycles. The molecule has 0 radical (unpaired) electrons. The van der Waals surface area contributed by atoms with Crippen molar-refractivity contribution in [2.24, 2.45) is 4.99 Å². The Morgan fingerprint density at radius 1 is 1.12 bits per heavy atom. The fourth-order valence-corrected chi connectivity index (χ4v) is 6.36. The van der Waals surface area contributed by atoms with Crippen LogP contribution in [0.3, 0.4) is 0 Å². The number of esters is 1. The summed E-state index contributed by atoms with van der Waals surface area (Å²) in [6, 6.07) is 19.6. The maximum absolute atomic E-state index is 14.1. The van der Waals surface area contributed by atoms with Crippen molar-refractivity contribution in [2.75, 3.05) is 7.11 Å². The number of thiazole rings is 1. The number of hydrogen-bond donors (Lipinski definition) is 0. The van der Waals surface area contributed by atoms with Crippen molar-refractivity contribution in [1.29, 1.82) is 0 Å². The molecule has 3 aromatic carbocycles. The number of para-hydroxylation sites is 1. The summed E-state index contributed by atoms with van der Waals surface area (Å²) in [5.41, 5.74) is 2.76. The van der Waals surface area contributed by atoms with Crippen LogP contribution in [0.4, 0.5) is 0 Å². The van der Waals surface area contributed by atoms with Gasteiger partial charge in [-0.15, -0.1) is 0 Å². The fourth-order valence-electron chi connectivity index (χ4n) is 4.73. The van der Waals surface area contributed by atoms with E-state index >= 15 is 0 Å². The van der Waals surface area contributed by atoms with Gasteiger partial charge in [-0.1, -0.05) is 69.2 Å². The minimum Gasteiger partial charge on any atom is -0.496 e. The summed E-state index contributed by atoms with van der Waals surface area (Å²) in [7, 11) is 1.56. The molecule has 1 aliphatic rings. The third kappa shape index (κ3) is 6.23. The van der Waals surface area contributed by atoms with Gasteiger partial charge in [-0.05, 0) is 68.8 Å². The van der Waals surface area contributed by atoms with E-state index in [1.165, 1.54) is 11.3 Å². The van der Waals surface area contributed by atoms with E-state index in [1.54, 1.807) is 44.6 Å². The van der Waals surface area contributed by atoms with Crippen molar-refractivity contribution in [3.05, 3.63) is 124 Å². The van der Waals surface area contributed by atoms with Crippen LogP contribution in [0, 0.1) is 0 Å². The number of methoxy groups -OCH3 is 1. The van der Waals surface area contributed by atoms with E-state index in [9.17, 15) is 9.59 Å². The Hall–Kier alpha value is -3.66. The van der Waals surface area contributed by atoms with E-state index in [1.807, 2.05) is 60.7 Å². The zero-order valence-electron chi connectivity index (χ0n) is 23.4. The third-order valence-corrected chi connectivity index (χ3v) is 8.27. The molecule has 1 atom stereocenters. The highest BCUT2D eigenvalue weighted by atomic mass is 79.9. The van der Waals surface area contributed by atoms with Crippen LogP contribution in [0.5, 0.6) is 11.5 Å². The van der Waals surface area contributed by atoms with Crippen LogP contribution < -0.4 is 24.4 Å². The first-order chi connectivity index (χ1) is 20.2. The Kier molecular flexibility index (Phi) is 9.01. The Morgan fingerprint density at radius 2 is 1.90 bits per heavy atom. The van der Waals surface area contributed by atoms with Gasteiger partial charge >= 0.3 is 5.97 Å². The van der Waals surface area contributed by atoms with Crippen LogP contribution in [0.2, 0.25) is 5.02 Å². The van der Waals surface area contributed by atoms with Gasteiger partial charge < -0.3 is 14.2 Å². The molecule has 0 aliphatic carbocycles. The Balaban J connectivity index is 1.64. The maximum Gasteiger partial charge on any atom is 0.338 e. The Labute approximate surface area is 260 Å². The highest BCUT2D eigenvalue weighted by Gasteiger charge is 2.35. The summed E-state index contributed by atoms with van der Waals surface area (Å²) < 4.78 is 20.2. The van der Waals surface area contributed by atoms with E-state index in [4.69, 9.17) is 25.8 Å². The van der Waals surface area contributed by atoms with Gasteiger partial charge in [-0.25, -0.2) is 9.79 Å². The number of aromatic nitrogens is 1. The summed E-state index contributed by atoms with van der Waals surface area (Å²) >= 11 is 10.9. The molecule has 0 spiro atoms. The summed E-state index contributed by atoms with van der Waals surface area (Å²) in [5.74, 6) is 0.611. The van der Waals surface area contributed by atoms with Crippen LogP contribution in [0.1, 0.15) is 43.5 Å². The van der Waals surface area contributed by atoms with Gasteiger partial charge in [0.15, 0.2) is 4.80 Å². The second-order valence-electron chi connectivity index (χ2n) is 9.88. The van der Waals surface area contributed by atoms with Crippen LogP contribution in [0.25, 0.3) is 6.08 Å². The van der Waals surface area contributed by atoms with Crippen molar-refractivity contribution in [2.45, 2.75) is 39.5 Å². The van der Waals surface area contributed by atoms with E-state index in [2.05, 4.69) is 20.9 Å². The number of carbonyl (C=O) groups is 1. The average Bonchev–Trinajstić information content (AvgIpc) is 3.25. The van der Waals surface area contributed by atoms with E-state index in [-0.39, 0.29) is 17.2 Å². The first-order valence-electron chi connectivity index (χ1n) is 13.2. The van der Waals surface area contributed by atoms with Crippen molar-refractivity contribution in [3.63, 3.8) is 0 Å². The van der Waals surface area contributed by atoms with E-state index < -0.39 is 12.0 Å². The minimum absolute atomic E-state index is 0.282. The number of nitrogens with zero attached hydrogens (tertiary/aromatic N) is 2. The Morgan fingerprint density at radius 3 is 2.64 bits per heavy atom. The molecule has 0 bridgehead atoms. The largest absolute Gasteiger partial charge is 0.496 e. The van der Waals surface area contributed by atoms with Crippen molar-refractivity contribution < 1.29 is 19.0 Å². The normalized spacial score (nSPS) is 14.9. The molecular weight excluding hydrogens is 640 g/mol. The van der Waals surface area contributed by atoms with Crippen molar-refractivity contribution in [3.8, 4) is 11.5 Å². The molecule has 4 aromatic rings. The summed E-state index contributed by atoms with van der Waals surface area (Å²) in [5, 5.41) is 0.633. The highest BCUT2D eigenvalue weighted by Crippen LogP contribution is 2.37. The standard InChI is InChI=1S/C32H28BrClN2O5S/c1-18(2)41-31(38)28-19(3)35-32-36(29(28)24-16-22(33)12-13-26(24)39-4)30(37)27(42-32)15-21-9-5-6-11-25(21)40-17-20-8-7-10-23(34)14-20/h5-16,18,29H,17H2,1-4H3/b27-15-/t29-/m0/s1. The van der Waals surface area contributed by atoms with Crippen molar-refractivity contribution in [1.82, 2.24) is 4.57 Å². The van der Waals surface area contributed by atoms with Gasteiger partial charge in [0, 0.05) is 20.6 Å². The van der Waals surface area contributed by atoms with Gasteiger partial charge in [0.05, 0.1) is 29.0 Å². The first kappa shape index (κ1) is 29.8. The molecular formula is C32H28BrClN2O5S. The molecule has 10 heteroatoms. The number of hydrogen-bond acceptors (Lipinski definition) is 7. The molecule has 216 valence electrons. The smallest absolute Gasteiger partial charge is 0.338 e. The summed E-state index contributed by atoms with van der Waals surface area (Å²) in [6.07, 6.45) is 1.44. The molecule has 0 saturated heterocycles. The monoisotopic (exact) mass is 666 g/mol. The molecule has 7 nitrogen and oxygen atoms in total. The fraction of sp³-hybridized carbons (Fsp3) is 0.219. The number of ether oxygens (including phenoxy) is 3. The summed E-state index contributed by atoms with van der Waals surface area (Å²) in [4.78, 5) is 32.7. The Bertz CT molecular complexity index is 1880. The lowest BCUT2D eigenvalue weighted by molar-refractivity contribution is -0.143. The number of benzene rings is 3. The number of fused-ring (bicyclic) bond motifs is 1. The predicted octanol–water partition coefficient (Wildman–Crippen LogP) is 6.19. The topological polar surface area (TPSA) is 79.1 Å². The second kappa shape index (κ2) is 12.7. The molecule has 2 heterocycles. The van der Waals surface area contributed by atoms with Gasteiger partial charge in [0.25, 0.3) is 5.56 Å². The van der Waals surface area contributed by atoms with Gasteiger partial charge in [0.1, 0.15) is 24.1 Å². The molecule has 5 rings (SSSR count). The number of rotatable bonds is 8. The number of allylic oxidation sites excluding steroid dienone is 1. The number of halogens is 2. The lowest BCUT2D eigenvalue weighted by atomic mass is 9.95.